The molecule has 0 aliphatic carbocycles. The van der Waals surface area contributed by atoms with Gasteiger partial charge in [-0.25, -0.2) is 18.0 Å². The summed E-state index contributed by atoms with van der Waals surface area (Å²) in [5.74, 6) is -3.43. The average molecular weight is 612 g/mol. The van der Waals surface area contributed by atoms with Gasteiger partial charge in [0.15, 0.2) is 0 Å². The molecule has 1 unspecified atom stereocenters. The van der Waals surface area contributed by atoms with Crippen molar-refractivity contribution in [3.8, 4) is 5.75 Å². The van der Waals surface area contributed by atoms with Crippen LogP contribution in [0.25, 0.3) is 10.9 Å². The first-order valence-electron chi connectivity index (χ1n) is 13.2. The molecule has 0 saturated carbocycles. The number of fused-ring (bicyclic) bond motifs is 1. The molecule has 3 amide bonds. The summed E-state index contributed by atoms with van der Waals surface area (Å²) in [4.78, 5) is 51.9. The van der Waals surface area contributed by atoms with Crippen molar-refractivity contribution >= 4 is 34.5 Å². The first-order chi connectivity index (χ1) is 21.0. The number of nitrogens with two attached hydrogens (primary N) is 1. The molecule has 0 fully saturated rings. The van der Waals surface area contributed by atoms with Crippen LogP contribution in [0.15, 0.2) is 71.7 Å². The molecule has 0 aliphatic rings. The van der Waals surface area contributed by atoms with Crippen molar-refractivity contribution < 1.29 is 37.0 Å². The Morgan fingerprint density at radius 1 is 1.09 bits per heavy atom. The molecule has 1 atom stereocenters. The van der Waals surface area contributed by atoms with Crippen LogP contribution in [0.3, 0.4) is 0 Å². The van der Waals surface area contributed by atoms with E-state index in [0.29, 0.717) is 16.6 Å². The van der Waals surface area contributed by atoms with Crippen molar-refractivity contribution in [1.82, 2.24) is 14.9 Å². The monoisotopic (exact) mass is 611 g/mol. The van der Waals surface area contributed by atoms with Gasteiger partial charge in [0.25, 0.3) is 5.56 Å². The van der Waals surface area contributed by atoms with Crippen molar-refractivity contribution in [3.05, 3.63) is 106 Å². The van der Waals surface area contributed by atoms with E-state index in [2.05, 4.69) is 20.4 Å². The van der Waals surface area contributed by atoms with Gasteiger partial charge in [0.05, 0.1) is 19.2 Å². The number of rotatable bonds is 12. The van der Waals surface area contributed by atoms with E-state index in [1.165, 1.54) is 41.1 Å². The lowest BCUT2D eigenvalue weighted by Crippen LogP contribution is -2.44. The number of alkyl carbamates (subject to hydrolysis) is 1. The SMILES string of the molecule is COC(=O)NC(CC/C=C/C(N)=O)C(=O)Nc1cccn(Cc2cc3cc(F)cc(OCc4ccc(F)cc4F)c3[nH]2)c1=O. The van der Waals surface area contributed by atoms with Crippen LogP contribution in [0.1, 0.15) is 24.1 Å². The van der Waals surface area contributed by atoms with Crippen LogP contribution in [0.2, 0.25) is 0 Å². The molecular formula is C30H28F3N5O6. The number of carbonyl (C=O) groups is 3. The molecule has 4 aromatic rings. The maximum atomic E-state index is 14.4. The number of primary amides is 1. The second-order valence-corrected chi connectivity index (χ2v) is 9.60. The van der Waals surface area contributed by atoms with Gasteiger partial charge in [-0.05, 0) is 55.3 Å². The van der Waals surface area contributed by atoms with Crippen molar-refractivity contribution in [3.63, 3.8) is 0 Å². The number of H-pyrrole nitrogens is 1. The van der Waals surface area contributed by atoms with E-state index in [-0.39, 0.29) is 43.0 Å². The van der Waals surface area contributed by atoms with Gasteiger partial charge < -0.3 is 35.4 Å². The number of ether oxygens (including phenoxy) is 2. The molecule has 0 saturated heterocycles. The predicted octanol–water partition coefficient (Wildman–Crippen LogP) is 3.86. The summed E-state index contributed by atoms with van der Waals surface area (Å²) in [5.41, 5.74) is 5.37. The lowest BCUT2D eigenvalue weighted by molar-refractivity contribution is -0.118. The number of allylic oxidation sites excluding steroid dienone is 1. The Morgan fingerprint density at radius 3 is 2.61 bits per heavy atom. The molecule has 0 bridgehead atoms. The van der Waals surface area contributed by atoms with E-state index in [9.17, 15) is 32.3 Å². The minimum Gasteiger partial charge on any atom is -0.486 e. The van der Waals surface area contributed by atoms with Crippen LogP contribution >= 0.6 is 0 Å². The summed E-state index contributed by atoms with van der Waals surface area (Å²) < 4.78 is 53.1. The highest BCUT2D eigenvalue weighted by atomic mass is 19.1. The maximum Gasteiger partial charge on any atom is 0.407 e. The molecule has 2 aromatic carbocycles. The summed E-state index contributed by atoms with van der Waals surface area (Å²) in [6, 6.07) is 8.85. The molecule has 2 heterocycles. The van der Waals surface area contributed by atoms with Gasteiger partial charge in [0, 0.05) is 35.0 Å². The summed E-state index contributed by atoms with van der Waals surface area (Å²) in [7, 11) is 1.13. The smallest absolute Gasteiger partial charge is 0.407 e. The van der Waals surface area contributed by atoms with Crippen molar-refractivity contribution in [2.24, 2.45) is 5.73 Å². The predicted molar refractivity (Wildman–Crippen MR) is 154 cm³/mol. The number of methoxy groups -OCH3 is 1. The van der Waals surface area contributed by atoms with E-state index >= 15 is 0 Å². The van der Waals surface area contributed by atoms with Gasteiger partial charge in [0.1, 0.15) is 41.5 Å². The van der Waals surface area contributed by atoms with Crippen LogP contribution in [0, 0.1) is 17.5 Å². The third-order valence-electron chi connectivity index (χ3n) is 6.43. The number of pyridine rings is 1. The second kappa shape index (κ2) is 14.1. The van der Waals surface area contributed by atoms with E-state index < -0.39 is 47.0 Å². The number of nitrogens with one attached hydrogen (secondary N) is 3. The van der Waals surface area contributed by atoms with Crippen molar-refractivity contribution in [1.29, 1.82) is 0 Å². The highest BCUT2D eigenvalue weighted by Gasteiger charge is 2.22. The Hall–Kier alpha value is -5.53. The minimum atomic E-state index is -1.10. The van der Waals surface area contributed by atoms with E-state index in [0.717, 1.165) is 31.4 Å². The molecule has 0 aliphatic heterocycles. The number of benzene rings is 2. The summed E-state index contributed by atoms with van der Waals surface area (Å²) in [5, 5.41) is 5.31. The quantitative estimate of drug-likeness (QED) is 0.178. The van der Waals surface area contributed by atoms with Crippen LogP contribution < -0.4 is 26.7 Å². The maximum absolute atomic E-state index is 14.4. The van der Waals surface area contributed by atoms with E-state index in [4.69, 9.17) is 10.5 Å². The zero-order valence-corrected chi connectivity index (χ0v) is 23.4. The first-order valence-corrected chi connectivity index (χ1v) is 13.2. The number of nitrogens with zero attached hydrogens (tertiary/aromatic N) is 1. The molecule has 0 spiro atoms. The average Bonchev–Trinajstić information content (AvgIpc) is 3.38. The summed E-state index contributed by atoms with van der Waals surface area (Å²) in [6.45, 7) is -0.292. The number of halogens is 3. The standard InChI is InChI=1S/C30H28F3N5O6/c1-43-30(42)37-23(5-2-3-7-26(34)39)28(40)36-24-6-4-10-38(29(24)41)15-21-12-18-11-20(32)14-25(27(18)35-21)44-16-17-8-9-19(31)13-22(17)33/h3-4,6-14,23,35H,2,5,15-16H2,1H3,(H2,34,39)(H,36,40)(H,37,42)/b7-3+. The Morgan fingerprint density at radius 2 is 1.89 bits per heavy atom. The number of hydrogen-bond donors (Lipinski definition) is 4. The number of aromatic amines is 1. The fourth-order valence-electron chi connectivity index (χ4n) is 4.32. The fourth-order valence-corrected chi connectivity index (χ4v) is 4.32. The second-order valence-electron chi connectivity index (χ2n) is 9.60. The zero-order valence-electron chi connectivity index (χ0n) is 23.4. The molecule has 4 rings (SSSR count). The van der Waals surface area contributed by atoms with Crippen LogP contribution in [-0.4, -0.2) is 40.6 Å². The number of carbonyl (C=O) groups excluding carboxylic acids is 3. The van der Waals surface area contributed by atoms with E-state index in [1.54, 1.807) is 6.07 Å². The number of aromatic nitrogens is 2. The minimum absolute atomic E-state index is 0.00732. The third-order valence-corrected chi connectivity index (χ3v) is 6.43. The van der Waals surface area contributed by atoms with Gasteiger partial charge in [0.2, 0.25) is 11.8 Å². The Kier molecular flexibility index (Phi) is 10.1. The number of amides is 3. The molecule has 0 radical (unpaired) electrons. The van der Waals surface area contributed by atoms with Crippen molar-refractivity contribution in [2.45, 2.75) is 32.0 Å². The molecule has 44 heavy (non-hydrogen) atoms. The van der Waals surface area contributed by atoms with Gasteiger partial charge in [-0.3, -0.25) is 14.4 Å². The number of hydrogen-bond acceptors (Lipinski definition) is 6. The topological polar surface area (TPSA) is 158 Å². The largest absolute Gasteiger partial charge is 0.486 e. The normalized spacial score (nSPS) is 11.8. The van der Waals surface area contributed by atoms with Crippen molar-refractivity contribution in [2.75, 3.05) is 12.4 Å². The summed E-state index contributed by atoms with van der Waals surface area (Å²) >= 11 is 0. The molecule has 230 valence electrons. The Bertz CT molecular complexity index is 1780. The fraction of sp³-hybridized carbons (Fsp3) is 0.200. The highest BCUT2D eigenvalue weighted by Crippen LogP contribution is 2.29. The molecule has 2 aromatic heterocycles. The van der Waals surface area contributed by atoms with Gasteiger partial charge >= 0.3 is 6.09 Å². The Balaban J connectivity index is 1.51. The highest BCUT2D eigenvalue weighted by molar-refractivity contribution is 5.96. The molecular weight excluding hydrogens is 583 g/mol. The lowest BCUT2D eigenvalue weighted by Gasteiger charge is -2.17. The first kappa shape index (κ1) is 31.4. The zero-order chi connectivity index (χ0) is 31.8. The van der Waals surface area contributed by atoms with Gasteiger partial charge in [-0.1, -0.05) is 6.08 Å². The number of anilines is 1. The molecule has 5 N–H and O–H groups in total. The lowest BCUT2D eigenvalue weighted by atomic mass is 10.1. The molecule has 11 nitrogen and oxygen atoms in total. The summed E-state index contributed by atoms with van der Waals surface area (Å²) in [6.07, 6.45) is 3.49. The van der Waals surface area contributed by atoms with Crippen LogP contribution in [0.4, 0.5) is 23.7 Å². The Labute approximate surface area is 248 Å². The van der Waals surface area contributed by atoms with E-state index in [1.807, 2.05) is 0 Å². The van der Waals surface area contributed by atoms with Gasteiger partial charge in [-0.2, -0.15) is 0 Å². The van der Waals surface area contributed by atoms with Crippen LogP contribution in [0.5, 0.6) is 5.75 Å². The third kappa shape index (κ3) is 8.06. The van der Waals surface area contributed by atoms with Gasteiger partial charge in [-0.15, -0.1) is 0 Å². The molecule has 14 heteroatoms. The van der Waals surface area contributed by atoms with Crippen LogP contribution in [-0.2, 0) is 27.5 Å².